The number of nitrogens with one attached hydrogen (secondary N) is 1. The van der Waals surface area contributed by atoms with Crippen LogP contribution in [0.25, 0.3) is 0 Å². The van der Waals surface area contributed by atoms with Crippen LogP contribution in [0, 0.1) is 11.8 Å². The summed E-state index contributed by atoms with van der Waals surface area (Å²) in [5.74, 6) is 1.39. The van der Waals surface area contributed by atoms with Gasteiger partial charge in [0.15, 0.2) is 0 Å². The number of halogens is 1. The Balaban J connectivity index is 0.00000324. The number of amides is 1. The molecule has 0 bridgehead atoms. The molecule has 1 aliphatic carbocycles. The zero-order chi connectivity index (χ0) is 13.4. The molecule has 1 rings (SSSR count). The van der Waals surface area contributed by atoms with E-state index in [0.717, 1.165) is 31.7 Å². The first kappa shape index (κ1) is 18.7. The third kappa shape index (κ3) is 7.78. The second-order valence-electron chi connectivity index (χ2n) is 5.92. The van der Waals surface area contributed by atoms with Gasteiger partial charge in [-0.2, -0.15) is 0 Å². The molecule has 0 aromatic carbocycles. The summed E-state index contributed by atoms with van der Waals surface area (Å²) in [5.41, 5.74) is 5.67. The highest BCUT2D eigenvalue weighted by molar-refractivity contribution is 5.85. The minimum Gasteiger partial charge on any atom is -0.356 e. The third-order valence-electron chi connectivity index (χ3n) is 4.08. The van der Waals surface area contributed by atoms with Gasteiger partial charge in [0.25, 0.3) is 0 Å². The highest BCUT2D eigenvalue weighted by Gasteiger charge is 2.25. The summed E-state index contributed by atoms with van der Waals surface area (Å²) >= 11 is 0. The highest BCUT2D eigenvalue weighted by atomic mass is 35.5. The van der Waals surface area contributed by atoms with Crippen LogP contribution in [0.15, 0.2) is 0 Å². The highest BCUT2D eigenvalue weighted by Crippen LogP contribution is 2.31. The number of rotatable bonds is 7. The summed E-state index contributed by atoms with van der Waals surface area (Å²) in [6.45, 7) is 4.95. The Morgan fingerprint density at radius 2 is 1.95 bits per heavy atom. The maximum atomic E-state index is 11.9. The molecule has 1 saturated carbocycles. The average Bonchev–Trinajstić information content (AvgIpc) is 2.36. The van der Waals surface area contributed by atoms with Gasteiger partial charge in [0, 0.05) is 18.5 Å². The monoisotopic (exact) mass is 290 g/mol. The largest absolute Gasteiger partial charge is 0.356 e. The molecule has 114 valence electrons. The first-order chi connectivity index (χ1) is 8.63. The Kier molecular flexibility index (Phi) is 10.3. The van der Waals surface area contributed by atoms with Gasteiger partial charge in [0.1, 0.15) is 0 Å². The standard InChI is InChI=1S/C15H30N2O.ClH/c1-3-4-5-13-6-8-14(9-7-13)15(18)17-11-10-12(2)16;/h12-14H,3-11,16H2,1-2H3,(H,17,18);1H. The minimum atomic E-state index is 0. The van der Waals surface area contributed by atoms with Gasteiger partial charge in [-0.05, 0) is 44.9 Å². The number of carbonyl (C=O) groups excluding carboxylic acids is 1. The summed E-state index contributed by atoms with van der Waals surface area (Å²) in [6, 6.07) is 0.176. The van der Waals surface area contributed by atoms with Crippen LogP contribution in [0.3, 0.4) is 0 Å². The molecule has 1 unspecified atom stereocenters. The lowest BCUT2D eigenvalue weighted by Crippen LogP contribution is -2.35. The first-order valence-corrected chi connectivity index (χ1v) is 7.66. The molecule has 3 nitrogen and oxygen atoms in total. The zero-order valence-corrected chi connectivity index (χ0v) is 13.3. The van der Waals surface area contributed by atoms with Crippen molar-refractivity contribution >= 4 is 18.3 Å². The molecule has 0 saturated heterocycles. The van der Waals surface area contributed by atoms with E-state index >= 15 is 0 Å². The number of nitrogens with two attached hydrogens (primary N) is 1. The van der Waals surface area contributed by atoms with Crippen molar-refractivity contribution in [3.63, 3.8) is 0 Å². The zero-order valence-electron chi connectivity index (χ0n) is 12.5. The molecule has 0 aromatic rings. The van der Waals surface area contributed by atoms with Crippen molar-refractivity contribution in [1.29, 1.82) is 0 Å². The fourth-order valence-corrected chi connectivity index (χ4v) is 2.77. The van der Waals surface area contributed by atoms with Crippen molar-refractivity contribution in [2.45, 2.75) is 71.3 Å². The van der Waals surface area contributed by atoms with Crippen molar-refractivity contribution in [3.8, 4) is 0 Å². The molecule has 1 amide bonds. The number of hydrogen-bond donors (Lipinski definition) is 2. The van der Waals surface area contributed by atoms with Crippen LogP contribution in [0.4, 0.5) is 0 Å². The lowest BCUT2D eigenvalue weighted by atomic mass is 9.79. The van der Waals surface area contributed by atoms with Crippen LogP contribution < -0.4 is 11.1 Å². The van der Waals surface area contributed by atoms with Crippen molar-refractivity contribution in [3.05, 3.63) is 0 Å². The molecule has 3 N–H and O–H groups in total. The normalized spacial score (nSPS) is 24.4. The lowest BCUT2D eigenvalue weighted by Gasteiger charge is -2.27. The number of hydrogen-bond acceptors (Lipinski definition) is 2. The average molecular weight is 291 g/mol. The van der Waals surface area contributed by atoms with Gasteiger partial charge in [0.2, 0.25) is 5.91 Å². The first-order valence-electron chi connectivity index (χ1n) is 7.66. The summed E-state index contributed by atoms with van der Waals surface area (Å²) in [4.78, 5) is 11.9. The predicted molar refractivity (Wildman–Crippen MR) is 83.5 cm³/mol. The van der Waals surface area contributed by atoms with Crippen LogP contribution in [-0.2, 0) is 4.79 Å². The van der Waals surface area contributed by atoms with E-state index in [9.17, 15) is 4.79 Å². The van der Waals surface area contributed by atoms with Gasteiger partial charge in [-0.25, -0.2) is 0 Å². The Labute approximate surface area is 124 Å². The molecule has 0 radical (unpaired) electrons. The molecule has 1 fully saturated rings. The van der Waals surface area contributed by atoms with Crippen LogP contribution >= 0.6 is 12.4 Å². The maximum absolute atomic E-state index is 11.9. The fourth-order valence-electron chi connectivity index (χ4n) is 2.77. The Morgan fingerprint density at radius 3 is 2.47 bits per heavy atom. The summed E-state index contributed by atoms with van der Waals surface area (Å²) < 4.78 is 0. The SMILES string of the molecule is CCCCC1CCC(C(=O)NCCC(C)N)CC1.Cl. The molecule has 0 spiro atoms. The lowest BCUT2D eigenvalue weighted by molar-refractivity contribution is -0.126. The fraction of sp³-hybridized carbons (Fsp3) is 0.933. The van der Waals surface area contributed by atoms with E-state index < -0.39 is 0 Å². The number of unbranched alkanes of at least 4 members (excludes halogenated alkanes) is 1. The molecular weight excluding hydrogens is 260 g/mol. The van der Waals surface area contributed by atoms with Crippen molar-refractivity contribution in [2.75, 3.05) is 6.54 Å². The Hall–Kier alpha value is -0.280. The third-order valence-corrected chi connectivity index (χ3v) is 4.08. The Morgan fingerprint density at radius 1 is 1.32 bits per heavy atom. The van der Waals surface area contributed by atoms with E-state index in [-0.39, 0.29) is 30.3 Å². The maximum Gasteiger partial charge on any atom is 0.223 e. The van der Waals surface area contributed by atoms with Crippen LogP contribution in [0.2, 0.25) is 0 Å². The van der Waals surface area contributed by atoms with Gasteiger partial charge >= 0.3 is 0 Å². The van der Waals surface area contributed by atoms with Gasteiger partial charge in [-0.15, -0.1) is 12.4 Å². The topological polar surface area (TPSA) is 55.1 Å². The van der Waals surface area contributed by atoms with E-state index in [4.69, 9.17) is 5.73 Å². The van der Waals surface area contributed by atoms with E-state index in [1.54, 1.807) is 0 Å². The van der Waals surface area contributed by atoms with Crippen molar-refractivity contribution in [2.24, 2.45) is 17.6 Å². The quantitative estimate of drug-likeness (QED) is 0.756. The molecule has 0 aliphatic heterocycles. The second-order valence-corrected chi connectivity index (χ2v) is 5.92. The van der Waals surface area contributed by atoms with Crippen LogP contribution in [-0.4, -0.2) is 18.5 Å². The summed E-state index contributed by atoms with van der Waals surface area (Å²) in [5, 5.41) is 3.02. The van der Waals surface area contributed by atoms with Crippen LogP contribution in [0.1, 0.15) is 65.2 Å². The second kappa shape index (κ2) is 10.5. The summed E-state index contributed by atoms with van der Waals surface area (Å²) in [6.07, 6.45) is 9.51. The molecule has 1 atom stereocenters. The van der Waals surface area contributed by atoms with E-state index in [2.05, 4.69) is 12.2 Å². The van der Waals surface area contributed by atoms with E-state index in [0.29, 0.717) is 0 Å². The molecule has 1 aliphatic rings. The predicted octanol–water partition coefficient (Wildman–Crippen LogP) is 3.26. The molecule has 0 heterocycles. The molecular formula is C15H31ClN2O. The van der Waals surface area contributed by atoms with Gasteiger partial charge in [-0.1, -0.05) is 26.2 Å². The van der Waals surface area contributed by atoms with Crippen molar-refractivity contribution in [1.82, 2.24) is 5.32 Å². The van der Waals surface area contributed by atoms with Crippen LogP contribution in [0.5, 0.6) is 0 Å². The van der Waals surface area contributed by atoms with E-state index in [1.807, 2.05) is 6.92 Å². The van der Waals surface area contributed by atoms with E-state index in [1.165, 1.54) is 32.1 Å². The van der Waals surface area contributed by atoms with Crippen molar-refractivity contribution < 1.29 is 4.79 Å². The minimum absolute atomic E-state index is 0. The molecule has 0 aromatic heterocycles. The Bertz CT molecular complexity index is 238. The smallest absolute Gasteiger partial charge is 0.223 e. The summed E-state index contributed by atoms with van der Waals surface area (Å²) in [7, 11) is 0. The molecule has 4 heteroatoms. The van der Waals surface area contributed by atoms with Gasteiger partial charge < -0.3 is 11.1 Å². The van der Waals surface area contributed by atoms with Gasteiger partial charge in [0.05, 0.1) is 0 Å². The molecule has 19 heavy (non-hydrogen) atoms. The van der Waals surface area contributed by atoms with Gasteiger partial charge in [-0.3, -0.25) is 4.79 Å². The number of carbonyl (C=O) groups is 1.